The first-order valence-corrected chi connectivity index (χ1v) is 9.84. The fourth-order valence-corrected chi connectivity index (χ4v) is 2.31. The summed E-state index contributed by atoms with van der Waals surface area (Å²) in [4.78, 5) is 0. The molecule has 33 heavy (non-hydrogen) atoms. The minimum absolute atomic E-state index is 0. The van der Waals surface area contributed by atoms with Crippen LogP contribution in [0.15, 0.2) is 98.1 Å². The third kappa shape index (κ3) is 14.9. The minimum atomic E-state index is 0. The van der Waals surface area contributed by atoms with Crippen LogP contribution in [0.25, 0.3) is 0 Å². The van der Waals surface area contributed by atoms with Gasteiger partial charge in [-0.15, -0.1) is 0 Å². The molecule has 0 spiro atoms. The average molecular weight is 504 g/mol. The van der Waals surface area contributed by atoms with Crippen LogP contribution in [0.2, 0.25) is 0 Å². The van der Waals surface area contributed by atoms with E-state index in [0.29, 0.717) is 0 Å². The van der Waals surface area contributed by atoms with Gasteiger partial charge in [-0.25, -0.2) is 0 Å². The van der Waals surface area contributed by atoms with E-state index in [4.69, 9.17) is 20.8 Å². The summed E-state index contributed by atoms with van der Waals surface area (Å²) >= 11 is 0. The number of hydrogen-bond acceptors (Lipinski definition) is 4. The minimum Gasteiger partial charge on any atom is -0.285 e. The second-order valence-corrected chi connectivity index (χ2v) is 7.05. The number of aryl methyl sites for hydroxylation is 4. The Hall–Kier alpha value is -3.68. The van der Waals surface area contributed by atoms with Crippen molar-refractivity contribution in [1.29, 1.82) is 0 Å². The molecule has 0 saturated heterocycles. The van der Waals surface area contributed by atoms with Gasteiger partial charge in [-0.1, -0.05) is 0 Å². The molecule has 0 atom stereocenters. The summed E-state index contributed by atoms with van der Waals surface area (Å²) in [5.41, 5.74) is 4.20. The van der Waals surface area contributed by atoms with Crippen LogP contribution in [-0.4, -0.2) is 20.8 Å². The van der Waals surface area contributed by atoms with Gasteiger partial charge in [-0.3, -0.25) is 20.8 Å². The number of aromatic nitrogens is 4. The molecule has 8 nitrogen and oxygen atoms in total. The van der Waals surface area contributed by atoms with Crippen molar-refractivity contribution < 1.29 is 56.8 Å². The molecule has 4 aromatic heterocycles. The summed E-state index contributed by atoms with van der Waals surface area (Å²) in [6.07, 6.45) is 12.9. The van der Waals surface area contributed by atoms with E-state index in [2.05, 4.69) is 0 Å². The smallest absolute Gasteiger partial charge is 0.285 e. The Morgan fingerprint density at radius 1 is 0.424 bits per heavy atom. The van der Waals surface area contributed by atoms with Gasteiger partial charge in [0.25, 0.3) is 0 Å². The van der Waals surface area contributed by atoms with Gasteiger partial charge in [0.15, 0.2) is 0 Å². The van der Waals surface area contributed by atoms with Gasteiger partial charge in [0, 0.05) is 65.4 Å². The van der Waals surface area contributed by atoms with Gasteiger partial charge in [0.1, 0.15) is 0 Å². The van der Waals surface area contributed by atoms with E-state index in [0.717, 1.165) is 41.2 Å². The zero-order valence-electron chi connectivity index (χ0n) is 19.1. The molecule has 0 unspecified atom stereocenters. The van der Waals surface area contributed by atoms with Crippen molar-refractivity contribution in [2.45, 2.75) is 27.7 Å². The van der Waals surface area contributed by atoms with Crippen LogP contribution in [0.3, 0.4) is 0 Å². The molecular formula is C24H32CuN4O4+6. The molecule has 4 aromatic rings. The molecule has 0 aromatic carbocycles. The molecule has 0 aliphatic carbocycles. The van der Waals surface area contributed by atoms with Gasteiger partial charge in [0.2, 0.25) is 49.6 Å². The Morgan fingerprint density at radius 2 is 0.606 bits per heavy atom. The zero-order chi connectivity index (χ0) is 23.9. The van der Waals surface area contributed by atoms with Crippen molar-refractivity contribution in [3.8, 4) is 0 Å². The quantitative estimate of drug-likeness (QED) is 0.168. The predicted octanol–water partition coefficient (Wildman–Crippen LogP) is 2.08. The Bertz CT molecular complexity index is 854. The molecule has 0 aliphatic heterocycles. The van der Waals surface area contributed by atoms with E-state index < -0.39 is 0 Å². The van der Waals surface area contributed by atoms with Crippen LogP contribution in [0.4, 0.5) is 0 Å². The molecule has 4 heterocycles. The third-order valence-corrected chi connectivity index (χ3v) is 3.74. The number of hydrogen-bond donors (Lipinski definition) is 4. The maximum absolute atomic E-state index is 8.73. The molecule has 0 amide bonds. The number of nitrogens with zero attached hydrogens (tertiary/aromatic N) is 4. The summed E-state index contributed by atoms with van der Waals surface area (Å²) in [5.74, 6) is 0. The molecule has 0 saturated carbocycles. The number of pyridine rings is 4. The maximum Gasteiger partial charge on any atom is 2.00 e. The van der Waals surface area contributed by atoms with Crippen LogP contribution >= 0.6 is 0 Å². The third-order valence-electron chi connectivity index (χ3n) is 3.74. The summed E-state index contributed by atoms with van der Waals surface area (Å²) in [6.45, 7) is 7.69. The van der Waals surface area contributed by atoms with Crippen LogP contribution in [0.1, 0.15) is 22.3 Å². The molecule has 4 N–H and O–H groups in total. The van der Waals surface area contributed by atoms with Crippen molar-refractivity contribution in [1.82, 2.24) is 0 Å². The van der Waals surface area contributed by atoms with E-state index in [1.807, 2.05) is 52.0 Å². The van der Waals surface area contributed by atoms with Crippen LogP contribution in [-0.2, 0) is 17.1 Å². The van der Waals surface area contributed by atoms with Crippen molar-refractivity contribution in [3.63, 3.8) is 0 Å². The molecule has 1 radical (unpaired) electrons. The van der Waals surface area contributed by atoms with Gasteiger partial charge in [-0.05, 0) is 52.0 Å². The molecule has 0 aliphatic rings. The SMILES string of the molecule is Cc1ccc[n+](O)c1.Cc1ccc[n+](O)c1.Cc1ccc[n+](O)c1.Cc1ccc[n+](O)c1.[Cu+2]. The normalized spacial score (nSPS) is 8.85. The standard InChI is InChI=1S/4C6H8NO.Cu/c4*1-6-3-2-4-7(8)5-6;/h4*2-5,8H,1H3;/q4*+1;+2. The molecule has 177 valence electrons. The van der Waals surface area contributed by atoms with Crippen molar-refractivity contribution in [2.75, 3.05) is 0 Å². The summed E-state index contributed by atoms with van der Waals surface area (Å²) in [5, 5.41) is 34.9. The molecule has 9 heteroatoms. The molecule has 0 bridgehead atoms. The fraction of sp³-hybridized carbons (Fsp3) is 0.167. The second-order valence-electron chi connectivity index (χ2n) is 7.05. The summed E-state index contributed by atoms with van der Waals surface area (Å²) in [6, 6.07) is 14.8. The predicted molar refractivity (Wildman–Crippen MR) is 114 cm³/mol. The first-order chi connectivity index (χ1) is 15.2. The van der Waals surface area contributed by atoms with E-state index >= 15 is 0 Å². The van der Waals surface area contributed by atoms with Gasteiger partial charge >= 0.3 is 17.1 Å². The Kier molecular flexibility index (Phi) is 14.2. The van der Waals surface area contributed by atoms with Gasteiger partial charge in [-0.2, -0.15) is 0 Å². The molecular weight excluding hydrogens is 472 g/mol. The first-order valence-electron chi connectivity index (χ1n) is 9.84. The topological polar surface area (TPSA) is 96.4 Å². The van der Waals surface area contributed by atoms with Crippen molar-refractivity contribution >= 4 is 0 Å². The average Bonchev–Trinajstić information content (AvgIpc) is 2.69. The van der Waals surface area contributed by atoms with Crippen LogP contribution < -0.4 is 18.9 Å². The van der Waals surface area contributed by atoms with E-state index in [1.54, 1.807) is 73.8 Å². The van der Waals surface area contributed by atoms with Crippen molar-refractivity contribution in [3.05, 3.63) is 120 Å². The summed E-state index contributed by atoms with van der Waals surface area (Å²) < 4.78 is 4.15. The van der Waals surface area contributed by atoms with Gasteiger partial charge < -0.3 is 0 Å². The Balaban J connectivity index is 0.000000410. The van der Waals surface area contributed by atoms with Gasteiger partial charge in [0.05, 0.1) is 0 Å². The fourth-order valence-electron chi connectivity index (χ4n) is 2.31. The Morgan fingerprint density at radius 3 is 0.697 bits per heavy atom. The van der Waals surface area contributed by atoms with E-state index in [1.165, 1.54) is 0 Å². The molecule has 0 fully saturated rings. The monoisotopic (exact) mass is 503 g/mol. The maximum atomic E-state index is 8.73. The zero-order valence-corrected chi connectivity index (χ0v) is 20.1. The summed E-state index contributed by atoms with van der Waals surface area (Å²) in [7, 11) is 0. The van der Waals surface area contributed by atoms with E-state index in [9.17, 15) is 0 Å². The van der Waals surface area contributed by atoms with Crippen LogP contribution in [0.5, 0.6) is 0 Å². The largest absolute Gasteiger partial charge is 2.00 e. The Labute approximate surface area is 204 Å². The first kappa shape index (κ1) is 29.3. The van der Waals surface area contributed by atoms with E-state index in [-0.39, 0.29) is 17.1 Å². The van der Waals surface area contributed by atoms with Crippen molar-refractivity contribution in [2.24, 2.45) is 0 Å². The van der Waals surface area contributed by atoms with Crippen LogP contribution in [0, 0.1) is 27.7 Å². The number of rotatable bonds is 0. The molecule has 4 rings (SSSR count). The second kappa shape index (κ2) is 16.0.